The Labute approximate surface area is 66.9 Å². The zero-order valence-electron chi connectivity index (χ0n) is 2.62. The van der Waals surface area contributed by atoms with Crippen molar-refractivity contribution < 1.29 is 0 Å². The van der Waals surface area contributed by atoms with Crippen LogP contribution in [0.25, 0.3) is 0 Å². The van der Waals surface area contributed by atoms with Gasteiger partial charge < -0.3 is 0 Å². The third-order valence-corrected chi connectivity index (χ3v) is 0.305. The molecular formula is CHN2NaO2S. The fourth-order valence-electron chi connectivity index (χ4n) is 0.0167. The summed E-state index contributed by atoms with van der Waals surface area (Å²) in [7, 11) is 0. The summed E-state index contributed by atoms with van der Waals surface area (Å²) in [5.74, 6) is 0. The first-order valence-electron chi connectivity index (χ1n) is 1.02. The molecule has 7 heavy (non-hydrogen) atoms. The zero-order chi connectivity index (χ0) is 4.99. The van der Waals surface area contributed by atoms with Crippen LogP contribution in [0.4, 0.5) is 0 Å². The third-order valence-electron chi connectivity index (χ3n) is 0.156. The van der Waals surface area contributed by atoms with Crippen LogP contribution in [-0.2, 0) is 0 Å². The molecule has 0 amide bonds. The molecule has 4 nitrogen and oxygen atoms in total. The molecule has 0 bridgehead atoms. The van der Waals surface area contributed by atoms with Crippen molar-refractivity contribution in [2.45, 2.75) is 0 Å². The zero-order valence-corrected chi connectivity index (χ0v) is 3.44. The maximum atomic E-state index is 9.05. The maximum absolute atomic E-state index is 9.05. The number of nitrogens with zero attached hydrogens (tertiary/aromatic N) is 2. The second-order valence-corrected chi connectivity index (χ2v) is 0.830. The molecule has 0 N–H and O–H groups in total. The normalized spacial score (nSPS) is 5.71. The van der Waals surface area contributed by atoms with Gasteiger partial charge in [-0.15, -0.1) is 9.81 Å². The number of nitroso groups, excluding NO2 is 2. The van der Waals surface area contributed by atoms with Gasteiger partial charge in [0.05, 0.1) is 0 Å². The van der Waals surface area contributed by atoms with Gasteiger partial charge in [0.2, 0.25) is 0 Å². The molecular weight excluding hydrogens is 127 g/mol. The molecule has 34 valence electrons. The summed E-state index contributed by atoms with van der Waals surface area (Å²) in [6.45, 7) is 0. The van der Waals surface area contributed by atoms with Crippen molar-refractivity contribution in [3.8, 4) is 0 Å². The van der Waals surface area contributed by atoms with Gasteiger partial charge in [-0.2, -0.15) is 0 Å². The van der Waals surface area contributed by atoms with Gasteiger partial charge in [0, 0.05) is 10.4 Å². The summed E-state index contributed by atoms with van der Waals surface area (Å²) in [4.78, 5) is 18.1. The fraction of sp³-hybridized carbons (Fsp3) is 0. The number of hydrogen-bond donors (Lipinski definition) is 0. The van der Waals surface area contributed by atoms with Crippen LogP contribution in [0, 0.1) is 9.81 Å². The summed E-state index contributed by atoms with van der Waals surface area (Å²) in [6.07, 6.45) is 0. The topological polar surface area (TPSA) is 58.9 Å². The average molecular weight is 128 g/mol. The van der Waals surface area contributed by atoms with Crippen LogP contribution in [0.2, 0.25) is 0 Å². The van der Waals surface area contributed by atoms with Crippen LogP contribution in [0.1, 0.15) is 0 Å². The average Bonchev–Trinajstić information content (AvgIpc) is 1.65. The summed E-state index contributed by atoms with van der Waals surface area (Å²) in [5.41, 5.74) is 0. The van der Waals surface area contributed by atoms with E-state index in [0.717, 1.165) is 0 Å². The summed E-state index contributed by atoms with van der Waals surface area (Å²) < 4.78 is 0. The van der Waals surface area contributed by atoms with Gasteiger partial charge in [0.15, 0.2) is 0 Å². The van der Waals surface area contributed by atoms with E-state index in [4.69, 9.17) is 9.81 Å². The Morgan fingerprint density at radius 3 is 1.57 bits per heavy atom. The Morgan fingerprint density at radius 2 is 1.57 bits per heavy atom. The molecule has 0 rings (SSSR count). The molecule has 0 fully saturated rings. The Hall–Kier alpha value is 0.290. The van der Waals surface area contributed by atoms with Crippen LogP contribution in [0.5, 0.6) is 0 Å². The van der Waals surface area contributed by atoms with Crippen molar-refractivity contribution in [1.29, 1.82) is 0 Å². The van der Waals surface area contributed by atoms with Crippen molar-refractivity contribution in [3.05, 3.63) is 9.81 Å². The molecule has 0 atom stereocenters. The number of rotatable bonds is 0. The van der Waals surface area contributed by atoms with Crippen molar-refractivity contribution in [1.82, 2.24) is 0 Å². The van der Waals surface area contributed by atoms with Gasteiger partial charge in [0.25, 0.3) is 0 Å². The molecule has 0 aromatic heterocycles. The van der Waals surface area contributed by atoms with E-state index in [1.54, 1.807) is 0 Å². The second kappa shape index (κ2) is 6.29. The first-order valence-corrected chi connectivity index (χ1v) is 1.42. The molecule has 0 aromatic rings. The van der Waals surface area contributed by atoms with E-state index in [9.17, 15) is 0 Å². The fourth-order valence-corrected chi connectivity index (χ4v) is 0.0167. The summed E-state index contributed by atoms with van der Waals surface area (Å²) >= 11 is 3.90. The van der Waals surface area contributed by atoms with Crippen molar-refractivity contribution in [2.24, 2.45) is 10.4 Å². The molecule has 0 aliphatic heterocycles. The molecule has 0 aromatic carbocycles. The Kier molecular flexibility index (Phi) is 9.26. The van der Waals surface area contributed by atoms with Crippen LogP contribution in [0.15, 0.2) is 10.4 Å². The Balaban J connectivity index is 0. The van der Waals surface area contributed by atoms with Crippen LogP contribution >= 0.6 is 12.2 Å². The SMILES string of the molecule is O=NC(=S)N=O.[NaH]. The van der Waals surface area contributed by atoms with Crippen LogP contribution < -0.4 is 0 Å². The predicted molar refractivity (Wildman–Crippen MR) is 31.3 cm³/mol. The van der Waals surface area contributed by atoms with Crippen LogP contribution in [0.3, 0.4) is 0 Å². The quantitative estimate of drug-likeness (QED) is 0.265. The molecule has 6 heteroatoms. The van der Waals surface area contributed by atoms with Gasteiger partial charge in [-0.3, -0.25) is 0 Å². The van der Waals surface area contributed by atoms with Gasteiger partial charge in [0.1, 0.15) is 0 Å². The van der Waals surface area contributed by atoms with Crippen molar-refractivity contribution in [3.63, 3.8) is 0 Å². The first-order chi connectivity index (χ1) is 2.81. The summed E-state index contributed by atoms with van der Waals surface area (Å²) in [5, 5.41) is 3.33. The van der Waals surface area contributed by atoms with E-state index in [1.807, 2.05) is 10.4 Å². The van der Waals surface area contributed by atoms with Crippen molar-refractivity contribution >= 4 is 46.9 Å². The van der Waals surface area contributed by atoms with E-state index < -0.39 is 5.11 Å². The van der Waals surface area contributed by atoms with E-state index in [1.165, 1.54) is 0 Å². The van der Waals surface area contributed by atoms with E-state index in [0.29, 0.717) is 0 Å². The minimum atomic E-state index is -0.685. The van der Waals surface area contributed by atoms with Gasteiger partial charge in [-0.05, 0) is 12.2 Å². The molecule has 0 heterocycles. The second-order valence-electron chi connectivity index (χ2n) is 0.465. The van der Waals surface area contributed by atoms with E-state index in [2.05, 4.69) is 12.2 Å². The molecule has 0 radical (unpaired) electrons. The monoisotopic (exact) mass is 128 g/mol. The van der Waals surface area contributed by atoms with Gasteiger partial charge >= 0.3 is 34.7 Å². The Bertz CT molecular complexity index is 83.7. The summed E-state index contributed by atoms with van der Waals surface area (Å²) in [6, 6.07) is 0. The first kappa shape index (κ1) is 10.3. The van der Waals surface area contributed by atoms with Crippen molar-refractivity contribution in [2.75, 3.05) is 0 Å². The Morgan fingerprint density at radius 1 is 1.29 bits per heavy atom. The minimum absolute atomic E-state index is 0. The van der Waals surface area contributed by atoms with E-state index in [-0.39, 0.29) is 29.6 Å². The molecule has 0 aliphatic carbocycles. The number of thiocarbonyl (C=S) groups is 1. The molecule has 0 unspecified atom stereocenters. The van der Waals surface area contributed by atoms with Gasteiger partial charge in [-0.1, -0.05) is 0 Å². The molecule has 0 spiro atoms. The van der Waals surface area contributed by atoms with Gasteiger partial charge in [-0.25, -0.2) is 0 Å². The molecule has 0 saturated carbocycles. The van der Waals surface area contributed by atoms with E-state index >= 15 is 0 Å². The molecule has 0 aliphatic rings. The molecule has 0 saturated heterocycles. The third kappa shape index (κ3) is 6.29. The number of hydrogen-bond acceptors (Lipinski definition) is 3. The standard InChI is InChI=1S/CN2O2S.Na.H/c4-2-1(6)3-5;;. The van der Waals surface area contributed by atoms with Crippen LogP contribution in [-0.4, -0.2) is 34.7 Å². The predicted octanol–water partition coefficient (Wildman–Crippen LogP) is 0.156.